The van der Waals surface area contributed by atoms with E-state index in [1.165, 1.54) is 0 Å². The number of halogens is 1. The quantitative estimate of drug-likeness (QED) is 0.553. The minimum absolute atomic E-state index is 0. The van der Waals surface area contributed by atoms with Crippen molar-refractivity contribution in [2.24, 2.45) is 0 Å². The Hall–Kier alpha value is -0.568. The summed E-state index contributed by atoms with van der Waals surface area (Å²) in [5.41, 5.74) is 0.440. The first-order chi connectivity index (χ1) is 7.63. The van der Waals surface area contributed by atoms with Gasteiger partial charge < -0.3 is 15.0 Å². The molecule has 1 aromatic carbocycles. The molecule has 0 aliphatic rings. The van der Waals surface area contributed by atoms with Crippen molar-refractivity contribution in [2.45, 2.75) is 12.5 Å². The van der Waals surface area contributed by atoms with E-state index < -0.39 is 6.10 Å². The fraction of sp³-hybridized carbons (Fsp3) is 0.273. The van der Waals surface area contributed by atoms with Gasteiger partial charge in [-0.2, -0.15) is 0 Å². The number of carbonyl (C=O) groups is 2. The van der Waals surface area contributed by atoms with Crippen LogP contribution in [0.25, 0.3) is 0 Å². The van der Waals surface area contributed by atoms with Gasteiger partial charge in [0, 0.05) is 44.5 Å². The van der Waals surface area contributed by atoms with Gasteiger partial charge in [-0.15, -0.1) is 0 Å². The van der Waals surface area contributed by atoms with Crippen LogP contribution in [0.4, 0.5) is 0 Å². The van der Waals surface area contributed by atoms with Crippen molar-refractivity contribution in [3.63, 3.8) is 0 Å². The number of Topliss-reactive ketones (excluding diaryl/α,β-unsaturated/α-hetero) is 1. The molecule has 95 valence electrons. The molecule has 0 amide bonds. The normalized spacial score (nSPS) is 10.4. The van der Waals surface area contributed by atoms with Crippen LogP contribution in [0.1, 0.15) is 16.8 Å². The van der Waals surface area contributed by atoms with Crippen LogP contribution in [0.15, 0.2) is 24.3 Å². The Bertz CT molecular complexity index is 340. The van der Waals surface area contributed by atoms with Crippen LogP contribution in [0.3, 0.4) is 0 Å². The fourth-order valence-electron chi connectivity index (χ4n) is 0.992. The second kappa shape index (κ2) is 10.6. The zero-order chi connectivity index (χ0) is 12.6. The van der Waals surface area contributed by atoms with Crippen LogP contribution in [-0.2, 0) is 25.2 Å². The third-order valence-electron chi connectivity index (χ3n) is 1.72. The summed E-state index contributed by atoms with van der Waals surface area (Å²) in [7, 11) is 1.00. The third kappa shape index (κ3) is 7.37. The summed E-state index contributed by atoms with van der Waals surface area (Å²) in [6.45, 7) is 0. The first-order valence-corrected chi connectivity index (χ1v) is 4.88. The van der Waals surface area contributed by atoms with Crippen LogP contribution in [0.2, 0.25) is 5.02 Å². The van der Waals surface area contributed by atoms with Gasteiger partial charge in [-0.05, 0) is 24.3 Å². The molecule has 6 heteroatoms. The van der Waals surface area contributed by atoms with Crippen molar-refractivity contribution in [2.75, 3.05) is 7.11 Å². The summed E-state index contributed by atoms with van der Waals surface area (Å²) in [5.74, 6) is -0.277. The topological polar surface area (TPSA) is 74.6 Å². The number of ketones is 1. The maximum atomic E-state index is 11.4. The summed E-state index contributed by atoms with van der Waals surface area (Å²) in [5, 5.41) is 16.5. The number of aldehydes is 1. The van der Waals surface area contributed by atoms with Gasteiger partial charge in [0.05, 0.1) is 0 Å². The Morgan fingerprint density at radius 1 is 1.35 bits per heavy atom. The molecule has 0 aliphatic carbocycles. The maximum Gasteiger partial charge on any atom is 0.165 e. The molecular weight excluding hydrogens is 418 g/mol. The fourth-order valence-corrected chi connectivity index (χ4v) is 1.12. The molecule has 1 radical (unpaired) electrons. The van der Waals surface area contributed by atoms with Gasteiger partial charge in [0.15, 0.2) is 5.78 Å². The van der Waals surface area contributed by atoms with Crippen molar-refractivity contribution in [1.82, 2.24) is 0 Å². The van der Waals surface area contributed by atoms with E-state index in [9.17, 15) is 9.59 Å². The third-order valence-corrected chi connectivity index (χ3v) is 1.97. The van der Waals surface area contributed by atoms with E-state index >= 15 is 0 Å². The van der Waals surface area contributed by atoms with Crippen molar-refractivity contribution in [3.05, 3.63) is 34.9 Å². The molecule has 0 saturated carbocycles. The van der Waals surface area contributed by atoms with E-state index in [-0.39, 0.29) is 32.6 Å². The van der Waals surface area contributed by atoms with Crippen LogP contribution in [-0.4, -0.2) is 35.5 Å². The van der Waals surface area contributed by atoms with Crippen molar-refractivity contribution < 1.29 is 40.2 Å². The Morgan fingerprint density at radius 2 is 1.82 bits per heavy atom. The molecule has 0 spiro atoms. The van der Waals surface area contributed by atoms with Crippen molar-refractivity contribution in [1.29, 1.82) is 0 Å². The SMILES string of the molecule is CO.O=C[C@H](O)CC(=O)c1ccc(Cl)cc1.[Re]. The molecule has 4 nitrogen and oxygen atoms in total. The number of hydrogen-bond acceptors (Lipinski definition) is 4. The van der Waals surface area contributed by atoms with E-state index in [0.717, 1.165) is 7.11 Å². The molecule has 0 unspecified atom stereocenters. The summed E-state index contributed by atoms with van der Waals surface area (Å²) in [6, 6.07) is 6.29. The molecule has 1 aromatic rings. The Labute approximate surface area is 118 Å². The van der Waals surface area contributed by atoms with Gasteiger partial charge in [-0.25, -0.2) is 0 Å². The van der Waals surface area contributed by atoms with E-state index in [4.69, 9.17) is 21.8 Å². The Morgan fingerprint density at radius 3 is 2.24 bits per heavy atom. The van der Waals surface area contributed by atoms with Gasteiger partial charge in [0.2, 0.25) is 0 Å². The number of rotatable bonds is 4. The van der Waals surface area contributed by atoms with Crippen LogP contribution in [0, 0.1) is 0 Å². The predicted molar refractivity (Wildman–Crippen MR) is 60.6 cm³/mol. The molecule has 1 rings (SSSR count). The summed E-state index contributed by atoms with van der Waals surface area (Å²) in [4.78, 5) is 21.5. The summed E-state index contributed by atoms with van der Waals surface area (Å²) < 4.78 is 0. The summed E-state index contributed by atoms with van der Waals surface area (Å²) in [6.07, 6.45) is -1.07. The monoisotopic (exact) mass is 431 g/mol. The minimum atomic E-state index is -1.22. The van der Waals surface area contributed by atoms with Gasteiger partial charge in [0.1, 0.15) is 12.4 Å². The van der Waals surface area contributed by atoms with E-state index in [1.807, 2.05) is 0 Å². The minimum Gasteiger partial charge on any atom is -0.400 e. The van der Waals surface area contributed by atoms with Gasteiger partial charge in [0.25, 0.3) is 0 Å². The van der Waals surface area contributed by atoms with Crippen molar-refractivity contribution in [3.8, 4) is 0 Å². The van der Waals surface area contributed by atoms with E-state index in [0.29, 0.717) is 16.9 Å². The largest absolute Gasteiger partial charge is 0.400 e. The first kappa shape index (κ1) is 18.8. The zero-order valence-corrected chi connectivity index (χ0v) is 12.6. The molecular formula is C11H13ClO4Re. The van der Waals surface area contributed by atoms with Gasteiger partial charge in [-0.1, -0.05) is 11.6 Å². The molecule has 0 bridgehead atoms. The molecule has 17 heavy (non-hydrogen) atoms. The molecule has 0 saturated heterocycles. The smallest absolute Gasteiger partial charge is 0.165 e. The van der Waals surface area contributed by atoms with Crippen LogP contribution >= 0.6 is 11.6 Å². The second-order valence-corrected chi connectivity index (χ2v) is 3.27. The van der Waals surface area contributed by atoms with Gasteiger partial charge in [-0.3, -0.25) is 4.79 Å². The van der Waals surface area contributed by atoms with Crippen molar-refractivity contribution >= 4 is 23.7 Å². The molecule has 0 aliphatic heterocycles. The maximum absolute atomic E-state index is 11.4. The number of aliphatic hydroxyl groups excluding tert-OH is 2. The standard InChI is InChI=1S/C10H9ClO3.CH4O.Re/c11-8-3-1-7(2-4-8)10(14)5-9(13)6-12;1-2;/h1-4,6,9,13H,5H2;2H,1H3;/t9-;;/m1../s1. The Kier molecular flexibility index (Phi) is 11.7. The predicted octanol–water partition coefficient (Wildman–Crippen LogP) is 1.08. The first-order valence-electron chi connectivity index (χ1n) is 4.50. The Balaban J connectivity index is 0. The number of benzene rings is 1. The molecule has 1 atom stereocenters. The van der Waals surface area contributed by atoms with Crippen LogP contribution < -0.4 is 0 Å². The zero-order valence-electron chi connectivity index (χ0n) is 9.14. The molecule has 0 aromatic heterocycles. The van der Waals surface area contributed by atoms with E-state index in [1.54, 1.807) is 24.3 Å². The number of aliphatic hydroxyl groups is 2. The average Bonchev–Trinajstić information content (AvgIpc) is 2.32. The molecule has 0 heterocycles. The number of hydrogen-bond donors (Lipinski definition) is 2. The van der Waals surface area contributed by atoms with Gasteiger partial charge >= 0.3 is 0 Å². The number of carbonyl (C=O) groups excluding carboxylic acids is 2. The van der Waals surface area contributed by atoms with Crippen LogP contribution in [0.5, 0.6) is 0 Å². The van der Waals surface area contributed by atoms with E-state index in [2.05, 4.69) is 0 Å². The molecule has 0 fully saturated rings. The average molecular weight is 431 g/mol. The summed E-state index contributed by atoms with van der Waals surface area (Å²) >= 11 is 5.63. The molecule has 2 N–H and O–H groups in total. The second-order valence-electron chi connectivity index (χ2n) is 2.84.